The number of rotatable bonds is 5. The van der Waals surface area contributed by atoms with Gasteiger partial charge in [0.2, 0.25) is 0 Å². The molecule has 0 aromatic heterocycles. The molecule has 1 aromatic carbocycles. The van der Waals surface area contributed by atoms with Crippen LogP contribution >= 0.6 is 12.4 Å². The second kappa shape index (κ2) is 7.87. The van der Waals surface area contributed by atoms with Gasteiger partial charge in [0, 0.05) is 19.1 Å². The van der Waals surface area contributed by atoms with E-state index in [0.29, 0.717) is 12.0 Å². The molecule has 3 nitrogen and oxygen atoms in total. The largest absolute Gasteiger partial charge is 0.491 e. The number of hydrogen-bond acceptors (Lipinski definition) is 3. The van der Waals surface area contributed by atoms with Gasteiger partial charge in [-0.15, -0.1) is 12.4 Å². The highest BCUT2D eigenvalue weighted by Gasteiger charge is 2.27. The fraction of sp³-hybridized carbons (Fsp3) is 0.625. The molecule has 20 heavy (non-hydrogen) atoms. The fourth-order valence-electron chi connectivity index (χ4n) is 2.79. The number of ether oxygens (including phenoxy) is 1. The highest BCUT2D eigenvalue weighted by atomic mass is 35.5. The first kappa shape index (κ1) is 17.3. The van der Waals surface area contributed by atoms with Crippen LogP contribution in [0.3, 0.4) is 0 Å². The van der Waals surface area contributed by atoms with E-state index in [1.165, 1.54) is 12.0 Å². The fourth-order valence-corrected chi connectivity index (χ4v) is 2.79. The summed E-state index contributed by atoms with van der Waals surface area (Å²) in [7, 11) is 0. The molecule has 1 heterocycles. The maximum Gasteiger partial charge on any atom is 0.119 e. The normalized spacial score (nSPS) is 22.9. The molecule has 1 aliphatic rings. The molecule has 2 rings (SSSR count). The maximum atomic E-state index is 5.77. The smallest absolute Gasteiger partial charge is 0.119 e. The minimum absolute atomic E-state index is 0. The lowest BCUT2D eigenvalue weighted by molar-refractivity contribution is 0.241. The van der Waals surface area contributed by atoms with E-state index in [-0.39, 0.29) is 18.5 Å². The van der Waals surface area contributed by atoms with E-state index in [4.69, 9.17) is 10.5 Å². The van der Waals surface area contributed by atoms with Crippen LogP contribution in [0.5, 0.6) is 5.75 Å². The zero-order chi connectivity index (χ0) is 13.8. The molecule has 1 fully saturated rings. The van der Waals surface area contributed by atoms with Crippen LogP contribution in [-0.2, 0) is 6.54 Å². The van der Waals surface area contributed by atoms with Crippen molar-refractivity contribution in [3.05, 3.63) is 29.8 Å². The van der Waals surface area contributed by atoms with Crippen molar-refractivity contribution in [1.29, 1.82) is 0 Å². The van der Waals surface area contributed by atoms with Gasteiger partial charge in [-0.2, -0.15) is 0 Å². The quantitative estimate of drug-likeness (QED) is 0.908. The molecule has 0 bridgehead atoms. The first-order chi connectivity index (χ1) is 9.08. The lowest BCUT2D eigenvalue weighted by Gasteiger charge is -2.21. The average Bonchev–Trinajstić information content (AvgIpc) is 2.72. The second-order valence-corrected chi connectivity index (χ2v) is 5.93. The Morgan fingerprint density at radius 2 is 1.95 bits per heavy atom. The van der Waals surface area contributed by atoms with Gasteiger partial charge in [-0.25, -0.2) is 0 Å². The Hall–Kier alpha value is -0.770. The first-order valence-corrected chi connectivity index (χ1v) is 7.28. The van der Waals surface area contributed by atoms with Crippen LogP contribution in [0.4, 0.5) is 0 Å². The van der Waals surface area contributed by atoms with Crippen LogP contribution in [-0.4, -0.2) is 30.1 Å². The molecule has 2 N–H and O–H groups in total. The molecule has 4 heteroatoms. The SMILES string of the molecule is CC(C)Oc1ccc(CN2CC(CN)CC2C)cc1.Cl. The molecular formula is C16H27ClN2O. The summed E-state index contributed by atoms with van der Waals surface area (Å²) >= 11 is 0. The molecule has 0 amide bonds. The number of likely N-dealkylation sites (tertiary alicyclic amines) is 1. The Bertz CT molecular complexity index is 394. The number of nitrogens with zero attached hydrogens (tertiary/aromatic N) is 1. The van der Waals surface area contributed by atoms with Crippen molar-refractivity contribution < 1.29 is 4.74 Å². The number of hydrogen-bond donors (Lipinski definition) is 1. The summed E-state index contributed by atoms with van der Waals surface area (Å²) in [6, 6.07) is 9.10. The second-order valence-electron chi connectivity index (χ2n) is 5.93. The van der Waals surface area contributed by atoms with Gasteiger partial charge in [0.1, 0.15) is 5.75 Å². The van der Waals surface area contributed by atoms with Crippen molar-refractivity contribution in [3.63, 3.8) is 0 Å². The van der Waals surface area contributed by atoms with Crippen molar-refractivity contribution in [1.82, 2.24) is 4.90 Å². The summed E-state index contributed by atoms with van der Waals surface area (Å²) in [6.45, 7) is 9.34. The molecule has 1 saturated heterocycles. The van der Waals surface area contributed by atoms with E-state index in [9.17, 15) is 0 Å². The number of nitrogens with two attached hydrogens (primary N) is 1. The van der Waals surface area contributed by atoms with Crippen LogP contribution in [0.15, 0.2) is 24.3 Å². The third-order valence-corrected chi connectivity index (χ3v) is 3.80. The van der Waals surface area contributed by atoms with Crippen molar-refractivity contribution >= 4 is 12.4 Å². The topological polar surface area (TPSA) is 38.5 Å². The lowest BCUT2D eigenvalue weighted by Crippen LogP contribution is -2.27. The third kappa shape index (κ3) is 4.65. The standard InChI is InChI=1S/C16H26N2O.ClH/c1-12(2)19-16-6-4-14(5-7-16)10-18-11-15(9-17)8-13(18)3;/h4-7,12-13,15H,8-11,17H2,1-3H3;1H. The summed E-state index contributed by atoms with van der Waals surface area (Å²) in [5, 5.41) is 0. The predicted molar refractivity (Wildman–Crippen MR) is 86.5 cm³/mol. The van der Waals surface area contributed by atoms with Crippen molar-refractivity contribution in [2.45, 2.75) is 45.9 Å². The number of benzene rings is 1. The highest BCUT2D eigenvalue weighted by molar-refractivity contribution is 5.85. The highest BCUT2D eigenvalue weighted by Crippen LogP contribution is 2.24. The predicted octanol–water partition coefficient (Wildman–Crippen LogP) is 3.06. The third-order valence-electron chi connectivity index (χ3n) is 3.80. The van der Waals surface area contributed by atoms with E-state index >= 15 is 0 Å². The zero-order valence-electron chi connectivity index (χ0n) is 12.7. The van der Waals surface area contributed by atoms with Crippen molar-refractivity contribution in [2.75, 3.05) is 13.1 Å². The minimum Gasteiger partial charge on any atom is -0.491 e. The Morgan fingerprint density at radius 1 is 1.30 bits per heavy atom. The average molecular weight is 299 g/mol. The summed E-state index contributed by atoms with van der Waals surface area (Å²) in [5.74, 6) is 1.62. The Kier molecular flexibility index (Phi) is 6.80. The first-order valence-electron chi connectivity index (χ1n) is 7.28. The molecule has 0 saturated carbocycles. The van der Waals surface area contributed by atoms with Crippen LogP contribution in [0.1, 0.15) is 32.8 Å². The van der Waals surface area contributed by atoms with E-state index in [0.717, 1.165) is 25.4 Å². The molecule has 0 radical (unpaired) electrons. The summed E-state index contributed by atoms with van der Waals surface area (Å²) < 4.78 is 5.66. The Balaban J connectivity index is 0.00000200. The van der Waals surface area contributed by atoms with Crippen LogP contribution in [0, 0.1) is 5.92 Å². The molecule has 2 unspecified atom stereocenters. The number of halogens is 1. The van der Waals surface area contributed by atoms with E-state index in [2.05, 4.69) is 36.1 Å². The molecule has 2 atom stereocenters. The van der Waals surface area contributed by atoms with Gasteiger partial charge in [0.05, 0.1) is 6.10 Å². The van der Waals surface area contributed by atoms with E-state index < -0.39 is 0 Å². The maximum absolute atomic E-state index is 5.77. The van der Waals surface area contributed by atoms with Gasteiger partial charge < -0.3 is 10.5 Å². The van der Waals surface area contributed by atoms with Crippen LogP contribution in [0.25, 0.3) is 0 Å². The van der Waals surface area contributed by atoms with E-state index in [1.807, 2.05) is 13.8 Å². The summed E-state index contributed by atoms with van der Waals surface area (Å²) in [6.07, 6.45) is 1.46. The summed E-state index contributed by atoms with van der Waals surface area (Å²) in [4.78, 5) is 2.52. The van der Waals surface area contributed by atoms with E-state index in [1.54, 1.807) is 0 Å². The van der Waals surface area contributed by atoms with Crippen LogP contribution in [0.2, 0.25) is 0 Å². The van der Waals surface area contributed by atoms with Gasteiger partial charge in [-0.3, -0.25) is 4.90 Å². The van der Waals surface area contributed by atoms with Gasteiger partial charge in [0.15, 0.2) is 0 Å². The zero-order valence-corrected chi connectivity index (χ0v) is 13.5. The van der Waals surface area contributed by atoms with Gasteiger partial charge in [0.25, 0.3) is 0 Å². The monoisotopic (exact) mass is 298 g/mol. The molecule has 0 spiro atoms. The van der Waals surface area contributed by atoms with Crippen molar-refractivity contribution in [2.24, 2.45) is 11.7 Å². The van der Waals surface area contributed by atoms with Crippen molar-refractivity contribution in [3.8, 4) is 5.75 Å². The minimum atomic E-state index is 0. The Labute approximate surface area is 128 Å². The van der Waals surface area contributed by atoms with Gasteiger partial charge in [-0.1, -0.05) is 12.1 Å². The van der Waals surface area contributed by atoms with Gasteiger partial charge in [-0.05, 0) is 57.4 Å². The molecule has 114 valence electrons. The van der Waals surface area contributed by atoms with Crippen LogP contribution < -0.4 is 10.5 Å². The summed E-state index contributed by atoms with van der Waals surface area (Å²) in [5.41, 5.74) is 7.12. The molecule has 0 aliphatic carbocycles. The lowest BCUT2D eigenvalue weighted by atomic mass is 10.1. The molecular weight excluding hydrogens is 272 g/mol. The van der Waals surface area contributed by atoms with Gasteiger partial charge >= 0.3 is 0 Å². The molecule has 1 aromatic rings. The Morgan fingerprint density at radius 3 is 2.45 bits per heavy atom. The molecule has 1 aliphatic heterocycles.